The van der Waals surface area contributed by atoms with E-state index in [2.05, 4.69) is 10.1 Å². The first-order valence-electron chi connectivity index (χ1n) is 3.07. The van der Waals surface area contributed by atoms with Crippen LogP contribution in [0.1, 0.15) is 24.7 Å². The van der Waals surface area contributed by atoms with E-state index >= 15 is 0 Å². The zero-order valence-corrected chi connectivity index (χ0v) is 6.29. The maximum absolute atomic E-state index is 4.96. The average molecular weight is 142 g/mol. The Hall–Kier alpha value is -0.900. The molecule has 0 aliphatic rings. The lowest BCUT2D eigenvalue weighted by atomic mass is 10.4. The van der Waals surface area contributed by atoms with Gasteiger partial charge >= 0.3 is 0 Å². The van der Waals surface area contributed by atoms with Gasteiger partial charge in [-0.2, -0.15) is 4.98 Å². The van der Waals surface area contributed by atoms with Crippen molar-refractivity contribution in [2.75, 3.05) is 7.11 Å². The lowest BCUT2D eigenvalue weighted by molar-refractivity contribution is 0.109. The summed E-state index contributed by atoms with van der Waals surface area (Å²) in [5.41, 5.74) is 0. The quantitative estimate of drug-likeness (QED) is 0.620. The number of nitrogens with zero attached hydrogens (tertiary/aromatic N) is 2. The van der Waals surface area contributed by atoms with Crippen LogP contribution in [0.5, 0.6) is 0 Å². The van der Waals surface area contributed by atoms with E-state index in [4.69, 9.17) is 9.26 Å². The highest BCUT2D eigenvalue weighted by Gasteiger charge is 2.09. The Bertz CT molecular complexity index is 209. The molecule has 1 unspecified atom stereocenters. The van der Waals surface area contributed by atoms with E-state index in [0.29, 0.717) is 11.7 Å². The first-order valence-corrected chi connectivity index (χ1v) is 3.07. The molecule has 0 spiro atoms. The molecule has 1 aromatic heterocycles. The molecule has 1 atom stereocenters. The van der Waals surface area contributed by atoms with Gasteiger partial charge < -0.3 is 9.26 Å². The summed E-state index contributed by atoms with van der Waals surface area (Å²) in [6.45, 7) is 3.61. The van der Waals surface area contributed by atoms with Crippen LogP contribution in [0, 0.1) is 6.92 Å². The number of hydrogen-bond donors (Lipinski definition) is 0. The number of aromatic nitrogens is 2. The molecular weight excluding hydrogens is 132 g/mol. The van der Waals surface area contributed by atoms with Crippen molar-refractivity contribution in [2.24, 2.45) is 0 Å². The largest absolute Gasteiger partial charge is 0.374 e. The van der Waals surface area contributed by atoms with Crippen molar-refractivity contribution in [3.63, 3.8) is 0 Å². The first kappa shape index (κ1) is 7.21. The minimum Gasteiger partial charge on any atom is -0.374 e. The van der Waals surface area contributed by atoms with Gasteiger partial charge in [0.25, 0.3) is 0 Å². The van der Waals surface area contributed by atoms with Gasteiger partial charge in [-0.25, -0.2) is 0 Å². The Balaban J connectivity index is 2.74. The second kappa shape index (κ2) is 2.79. The summed E-state index contributed by atoms with van der Waals surface area (Å²) in [5.74, 6) is 1.17. The van der Waals surface area contributed by atoms with Crippen LogP contribution in [0.3, 0.4) is 0 Å². The summed E-state index contributed by atoms with van der Waals surface area (Å²) in [4.78, 5) is 3.98. The smallest absolute Gasteiger partial charge is 0.223 e. The lowest BCUT2D eigenvalue weighted by Crippen LogP contribution is -1.97. The highest BCUT2D eigenvalue weighted by atomic mass is 16.5. The summed E-state index contributed by atoms with van der Waals surface area (Å²) in [6.07, 6.45) is -0.0857. The molecule has 10 heavy (non-hydrogen) atoms. The van der Waals surface area contributed by atoms with Gasteiger partial charge in [-0.15, -0.1) is 0 Å². The zero-order chi connectivity index (χ0) is 7.56. The normalized spacial score (nSPS) is 13.5. The van der Waals surface area contributed by atoms with Crippen LogP contribution in [0.4, 0.5) is 0 Å². The number of ether oxygens (including phenoxy) is 1. The predicted octanol–water partition coefficient (Wildman–Crippen LogP) is 1.09. The van der Waals surface area contributed by atoms with Crippen LogP contribution in [-0.2, 0) is 4.74 Å². The standard InChI is InChI=1S/C6H10N2O2/c1-4(9-3)6-7-5(2)10-8-6/h4H,1-3H3. The lowest BCUT2D eigenvalue weighted by Gasteiger charge is -2.00. The third kappa shape index (κ3) is 1.33. The van der Waals surface area contributed by atoms with Gasteiger partial charge in [0.05, 0.1) is 0 Å². The molecule has 56 valence electrons. The van der Waals surface area contributed by atoms with Crippen molar-refractivity contribution in [3.8, 4) is 0 Å². The molecule has 0 aliphatic carbocycles. The van der Waals surface area contributed by atoms with E-state index in [1.807, 2.05) is 6.92 Å². The summed E-state index contributed by atoms with van der Waals surface area (Å²) in [6, 6.07) is 0. The number of rotatable bonds is 2. The molecule has 0 bridgehead atoms. The Morgan fingerprint density at radius 3 is 2.70 bits per heavy atom. The molecule has 0 saturated carbocycles. The highest BCUT2D eigenvalue weighted by Crippen LogP contribution is 2.10. The second-order valence-corrected chi connectivity index (χ2v) is 2.05. The van der Waals surface area contributed by atoms with Gasteiger partial charge in [0, 0.05) is 14.0 Å². The monoisotopic (exact) mass is 142 g/mol. The van der Waals surface area contributed by atoms with Gasteiger partial charge in [0.15, 0.2) is 5.82 Å². The van der Waals surface area contributed by atoms with Crippen molar-refractivity contribution in [1.29, 1.82) is 0 Å². The fraction of sp³-hybridized carbons (Fsp3) is 0.667. The van der Waals surface area contributed by atoms with Gasteiger partial charge in [-0.05, 0) is 6.92 Å². The summed E-state index contributed by atoms with van der Waals surface area (Å²) >= 11 is 0. The van der Waals surface area contributed by atoms with Gasteiger partial charge in [0.2, 0.25) is 5.89 Å². The van der Waals surface area contributed by atoms with Crippen molar-refractivity contribution in [1.82, 2.24) is 10.1 Å². The Labute approximate surface area is 59.2 Å². The SMILES string of the molecule is COC(C)c1noc(C)n1. The Morgan fingerprint density at radius 1 is 1.60 bits per heavy atom. The Kier molecular flexibility index (Phi) is 2.01. The molecule has 0 fully saturated rings. The van der Waals surface area contributed by atoms with Crippen LogP contribution in [0.2, 0.25) is 0 Å². The van der Waals surface area contributed by atoms with E-state index in [1.54, 1.807) is 14.0 Å². The second-order valence-electron chi connectivity index (χ2n) is 2.05. The summed E-state index contributed by atoms with van der Waals surface area (Å²) in [5, 5.41) is 3.68. The van der Waals surface area contributed by atoms with Crippen molar-refractivity contribution >= 4 is 0 Å². The van der Waals surface area contributed by atoms with Crippen LogP contribution in [0.15, 0.2) is 4.52 Å². The van der Waals surface area contributed by atoms with Crippen LogP contribution < -0.4 is 0 Å². The van der Waals surface area contributed by atoms with Gasteiger partial charge in [-0.1, -0.05) is 5.16 Å². The van der Waals surface area contributed by atoms with Crippen molar-refractivity contribution in [3.05, 3.63) is 11.7 Å². The Morgan fingerprint density at radius 2 is 2.30 bits per heavy atom. The van der Waals surface area contributed by atoms with E-state index in [0.717, 1.165) is 0 Å². The van der Waals surface area contributed by atoms with E-state index < -0.39 is 0 Å². The van der Waals surface area contributed by atoms with Crippen LogP contribution >= 0.6 is 0 Å². The highest BCUT2D eigenvalue weighted by molar-refractivity contribution is 4.87. The number of hydrogen-bond acceptors (Lipinski definition) is 4. The number of aryl methyl sites for hydroxylation is 1. The summed E-state index contributed by atoms with van der Waals surface area (Å²) < 4.78 is 9.71. The van der Waals surface area contributed by atoms with Crippen molar-refractivity contribution < 1.29 is 9.26 Å². The van der Waals surface area contributed by atoms with Crippen LogP contribution in [0.25, 0.3) is 0 Å². The fourth-order valence-electron chi connectivity index (χ4n) is 0.585. The molecule has 0 radical (unpaired) electrons. The molecular formula is C6H10N2O2. The average Bonchev–Trinajstić information content (AvgIpc) is 2.34. The fourth-order valence-corrected chi connectivity index (χ4v) is 0.585. The molecule has 0 amide bonds. The van der Waals surface area contributed by atoms with Crippen LogP contribution in [-0.4, -0.2) is 17.3 Å². The van der Waals surface area contributed by atoms with E-state index in [1.165, 1.54) is 0 Å². The molecule has 4 nitrogen and oxygen atoms in total. The maximum atomic E-state index is 4.96. The molecule has 0 saturated heterocycles. The van der Waals surface area contributed by atoms with E-state index in [9.17, 15) is 0 Å². The molecule has 1 rings (SSSR count). The van der Waals surface area contributed by atoms with Gasteiger partial charge in [0.1, 0.15) is 6.10 Å². The molecule has 0 aromatic carbocycles. The summed E-state index contributed by atoms with van der Waals surface area (Å²) in [7, 11) is 1.61. The zero-order valence-electron chi connectivity index (χ0n) is 6.29. The minimum absolute atomic E-state index is 0.0857. The molecule has 1 aromatic rings. The third-order valence-electron chi connectivity index (χ3n) is 1.26. The first-order chi connectivity index (χ1) is 4.74. The molecule has 0 N–H and O–H groups in total. The van der Waals surface area contributed by atoms with E-state index in [-0.39, 0.29) is 6.10 Å². The number of methoxy groups -OCH3 is 1. The molecule has 0 aliphatic heterocycles. The minimum atomic E-state index is -0.0857. The maximum Gasteiger partial charge on any atom is 0.223 e. The van der Waals surface area contributed by atoms with Crippen molar-refractivity contribution in [2.45, 2.75) is 20.0 Å². The molecule has 1 heterocycles. The predicted molar refractivity (Wildman–Crippen MR) is 34.5 cm³/mol. The molecule has 4 heteroatoms. The topological polar surface area (TPSA) is 48.2 Å². The van der Waals surface area contributed by atoms with Gasteiger partial charge in [-0.3, -0.25) is 0 Å². The third-order valence-corrected chi connectivity index (χ3v) is 1.26.